The predicted molar refractivity (Wildman–Crippen MR) is 96.2 cm³/mol. The third kappa shape index (κ3) is 8.16. The Hall–Kier alpha value is 0.180. The molecule has 0 aliphatic rings. The molecule has 11 heteroatoms. The molecule has 1 N–H and O–H groups in total. The van der Waals surface area contributed by atoms with Crippen LogP contribution in [0.4, 0.5) is 0 Å². The van der Waals surface area contributed by atoms with Gasteiger partial charge in [0.15, 0.2) is 11.7 Å². The van der Waals surface area contributed by atoms with Gasteiger partial charge in [0, 0.05) is 27.3 Å². The molecule has 0 fully saturated rings. The third-order valence-corrected chi connectivity index (χ3v) is 9.12. The van der Waals surface area contributed by atoms with Crippen molar-refractivity contribution in [3.05, 3.63) is 0 Å². The lowest BCUT2D eigenvalue weighted by atomic mass is 10.6. The van der Waals surface area contributed by atoms with E-state index in [0.717, 1.165) is 0 Å². The molecule has 0 radical (unpaired) electrons. The smallest absolute Gasteiger partial charge is 0.347 e. The summed E-state index contributed by atoms with van der Waals surface area (Å²) in [7, 11) is -4.48. The monoisotopic (exact) mass is 405 g/mol. The lowest BCUT2D eigenvalue weighted by molar-refractivity contribution is -0.0986. The molecule has 0 aromatic carbocycles. The van der Waals surface area contributed by atoms with E-state index in [0.29, 0.717) is 6.54 Å². The van der Waals surface area contributed by atoms with Crippen LogP contribution in [0.5, 0.6) is 0 Å². The molecule has 9 nitrogen and oxygen atoms in total. The SMILES string of the molecule is CCOP(=O)(OCC)C(CNCC(OC)OC)P(=O)(OCC)OCC. The second-order valence-corrected chi connectivity index (χ2v) is 9.64. The van der Waals surface area contributed by atoms with Gasteiger partial charge in [0.05, 0.1) is 26.4 Å². The molecule has 0 aromatic rings. The van der Waals surface area contributed by atoms with Crippen molar-refractivity contribution in [1.29, 1.82) is 0 Å². The van der Waals surface area contributed by atoms with Gasteiger partial charge in [-0.05, 0) is 27.7 Å². The van der Waals surface area contributed by atoms with Gasteiger partial charge in [0.1, 0.15) is 0 Å². The highest BCUT2D eigenvalue weighted by Gasteiger charge is 2.50. The third-order valence-electron chi connectivity index (χ3n) is 3.13. The Balaban J connectivity index is 5.53. The van der Waals surface area contributed by atoms with Gasteiger partial charge in [-0.2, -0.15) is 0 Å². The maximum absolute atomic E-state index is 13.2. The Kier molecular flexibility index (Phi) is 13.5. The van der Waals surface area contributed by atoms with Gasteiger partial charge in [-0.25, -0.2) is 0 Å². The summed E-state index contributed by atoms with van der Waals surface area (Å²) in [5, 5.41) is 1.92. The Morgan fingerprint density at radius 1 is 0.720 bits per heavy atom. The van der Waals surface area contributed by atoms with Crippen molar-refractivity contribution in [2.24, 2.45) is 0 Å². The Morgan fingerprint density at radius 3 is 1.36 bits per heavy atom. The minimum Gasteiger partial charge on any atom is -0.355 e. The van der Waals surface area contributed by atoms with Crippen LogP contribution in [0, 0.1) is 0 Å². The first-order valence-electron chi connectivity index (χ1n) is 8.41. The van der Waals surface area contributed by atoms with Crippen LogP contribution >= 0.6 is 15.2 Å². The number of hydrogen-bond acceptors (Lipinski definition) is 9. The molecule has 25 heavy (non-hydrogen) atoms. The fourth-order valence-corrected chi connectivity index (χ4v) is 7.30. The quantitative estimate of drug-likeness (QED) is 0.307. The molecular formula is C14H33NO8P2. The topological polar surface area (TPSA) is 102 Å². The fraction of sp³-hybridized carbons (Fsp3) is 1.00. The lowest BCUT2D eigenvalue weighted by Gasteiger charge is -2.31. The average molecular weight is 405 g/mol. The van der Waals surface area contributed by atoms with E-state index in [1.165, 1.54) is 14.2 Å². The number of ether oxygens (including phenoxy) is 2. The zero-order valence-electron chi connectivity index (χ0n) is 16.1. The van der Waals surface area contributed by atoms with Crippen molar-refractivity contribution in [3.8, 4) is 0 Å². The zero-order chi connectivity index (χ0) is 19.3. The van der Waals surface area contributed by atoms with E-state index in [1.54, 1.807) is 27.7 Å². The lowest BCUT2D eigenvalue weighted by Crippen LogP contribution is -2.36. The van der Waals surface area contributed by atoms with Crippen molar-refractivity contribution < 1.29 is 36.7 Å². The zero-order valence-corrected chi connectivity index (χ0v) is 17.8. The molecule has 0 rings (SSSR count). The maximum atomic E-state index is 13.2. The van der Waals surface area contributed by atoms with E-state index >= 15 is 0 Å². The van der Waals surface area contributed by atoms with Gasteiger partial charge in [-0.3, -0.25) is 9.13 Å². The Bertz CT molecular complexity index is 383. The summed E-state index contributed by atoms with van der Waals surface area (Å²) in [4.78, 5) is 0. The van der Waals surface area contributed by atoms with Gasteiger partial charge in [0.2, 0.25) is 0 Å². The first kappa shape index (κ1) is 25.2. The van der Waals surface area contributed by atoms with Crippen LogP contribution in [0.2, 0.25) is 0 Å². The Morgan fingerprint density at radius 2 is 1.08 bits per heavy atom. The molecular weight excluding hydrogens is 372 g/mol. The second-order valence-electron chi connectivity index (χ2n) is 4.79. The number of nitrogens with one attached hydrogen (secondary N) is 1. The van der Waals surface area contributed by atoms with E-state index in [1.807, 2.05) is 0 Å². The fourth-order valence-electron chi connectivity index (χ4n) is 2.13. The molecule has 0 bridgehead atoms. The van der Waals surface area contributed by atoms with Gasteiger partial charge in [-0.15, -0.1) is 0 Å². The normalized spacial score (nSPS) is 13.1. The van der Waals surface area contributed by atoms with Crippen LogP contribution in [0.25, 0.3) is 0 Å². The molecule has 0 aliphatic carbocycles. The largest absolute Gasteiger partial charge is 0.355 e. The van der Waals surface area contributed by atoms with Gasteiger partial charge >= 0.3 is 15.2 Å². The van der Waals surface area contributed by atoms with E-state index in [-0.39, 0.29) is 33.0 Å². The highest BCUT2D eigenvalue weighted by Crippen LogP contribution is 2.70. The summed E-state index contributed by atoms with van der Waals surface area (Å²) in [6, 6.07) is 0. The standard InChI is InChI=1S/C14H33NO8P2/c1-7-20-24(16,21-8-2)14(12-15-11-13(18-5)19-6)25(17,22-9-3)23-10-4/h13-15H,7-12H2,1-6H3. The molecule has 0 amide bonds. The number of hydrogen-bond donors (Lipinski definition) is 1. The van der Waals surface area contributed by atoms with Crippen LogP contribution in [0.3, 0.4) is 0 Å². The molecule has 0 spiro atoms. The summed E-state index contributed by atoms with van der Waals surface area (Å²) >= 11 is 0. The minimum absolute atomic E-state index is 0.0256. The molecule has 0 atom stereocenters. The molecule has 152 valence electrons. The van der Waals surface area contributed by atoms with Crippen molar-refractivity contribution in [3.63, 3.8) is 0 Å². The summed E-state index contributed by atoms with van der Waals surface area (Å²) in [5.41, 5.74) is 0. The first-order chi connectivity index (χ1) is 11.9. The summed E-state index contributed by atoms with van der Waals surface area (Å²) < 4.78 is 58.2. The number of methoxy groups -OCH3 is 2. The summed E-state index contributed by atoms with van der Waals surface area (Å²) in [6.07, 6.45) is -0.502. The summed E-state index contributed by atoms with van der Waals surface area (Å²) in [6.45, 7) is 7.65. The van der Waals surface area contributed by atoms with E-state index < -0.39 is 26.9 Å². The van der Waals surface area contributed by atoms with Crippen molar-refractivity contribution in [2.75, 3.05) is 53.7 Å². The minimum atomic E-state index is -3.74. The van der Waals surface area contributed by atoms with Crippen LogP contribution < -0.4 is 5.32 Å². The van der Waals surface area contributed by atoms with E-state index in [2.05, 4.69) is 5.32 Å². The van der Waals surface area contributed by atoms with Crippen molar-refractivity contribution >= 4 is 15.2 Å². The second kappa shape index (κ2) is 13.4. The van der Waals surface area contributed by atoms with Crippen LogP contribution in [0.15, 0.2) is 0 Å². The molecule has 0 saturated heterocycles. The predicted octanol–water partition coefficient (Wildman–Crippen LogP) is 3.05. The van der Waals surface area contributed by atoms with Crippen molar-refractivity contribution in [1.82, 2.24) is 5.32 Å². The Labute approximate surface area is 151 Å². The molecule has 0 aliphatic heterocycles. The van der Waals surface area contributed by atoms with Crippen molar-refractivity contribution in [2.45, 2.75) is 39.4 Å². The maximum Gasteiger partial charge on any atom is 0.347 e. The van der Waals surface area contributed by atoms with Gasteiger partial charge < -0.3 is 32.9 Å². The molecule has 0 unspecified atom stereocenters. The molecule has 0 heterocycles. The van der Waals surface area contributed by atoms with Crippen LogP contribution in [-0.2, 0) is 36.7 Å². The van der Waals surface area contributed by atoms with E-state index in [4.69, 9.17) is 27.6 Å². The van der Waals surface area contributed by atoms with Crippen LogP contribution in [0.1, 0.15) is 27.7 Å². The summed E-state index contributed by atoms with van der Waals surface area (Å²) in [5.74, 6) is 0. The van der Waals surface area contributed by atoms with Gasteiger partial charge in [0.25, 0.3) is 0 Å². The molecule has 0 saturated carbocycles. The molecule has 0 aromatic heterocycles. The number of rotatable bonds is 16. The van der Waals surface area contributed by atoms with E-state index in [9.17, 15) is 9.13 Å². The highest BCUT2D eigenvalue weighted by molar-refractivity contribution is 7.72. The van der Waals surface area contributed by atoms with Crippen LogP contribution in [-0.4, -0.2) is 65.4 Å². The average Bonchev–Trinajstić information content (AvgIpc) is 2.55. The first-order valence-corrected chi connectivity index (χ1v) is 11.6. The van der Waals surface area contributed by atoms with Gasteiger partial charge in [-0.1, -0.05) is 0 Å². The highest BCUT2D eigenvalue weighted by atomic mass is 31.2.